The molecule has 5 heteroatoms. The molecule has 0 aliphatic heterocycles. The molecule has 0 N–H and O–H groups in total. The summed E-state index contributed by atoms with van der Waals surface area (Å²) >= 11 is 0. The summed E-state index contributed by atoms with van der Waals surface area (Å²) in [6.45, 7) is 7.37. The van der Waals surface area contributed by atoms with E-state index in [9.17, 15) is 19.8 Å². The molecular weight excluding hydrogens is 208 g/mol. The molecule has 0 heterocycles. The van der Waals surface area contributed by atoms with Crippen molar-refractivity contribution in [3.05, 3.63) is 0 Å². The number of hydrogen-bond acceptors (Lipinski definition) is 4. The van der Waals surface area contributed by atoms with Crippen LogP contribution in [0.5, 0.6) is 0 Å². The molecule has 0 saturated heterocycles. The van der Waals surface area contributed by atoms with Gasteiger partial charge in [-0.2, -0.15) is 0 Å². The second-order valence-corrected chi connectivity index (χ2v) is 3.94. The summed E-state index contributed by atoms with van der Waals surface area (Å²) in [5, 5.41) is 19.4. The summed E-state index contributed by atoms with van der Waals surface area (Å²) in [5.74, 6) is -1.50. The van der Waals surface area contributed by atoms with Gasteiger partial charge in [-0.15, -0.1) is 0 Å². The van der Waals surface area contributed by atoms with Gasteiger partial charge < -0.3 is 19.8 Å². The van der Waals surface area contributed by atoms with Gasteiger partial charge in [-0.1, -0.05) is 27.7 Å². The molecule has 0 saturated carbocycles. The molecule has 0 radical (unpaired) electrons. The zero-order valence-electron chi connectivity index (χ0n) is 9.91. The average molecular weight is 227 g/mol. The minimum absolute atomic E-state index is 0. The third-order valence-electron chi connectivity index (χ3n) is 1.15. The van der Waals surface area contributed by atoms with E-state index < -0.39 is 11.9 Å². The first-order chi connectivity index (χ1) is 6.25. The van der Waals surface area contributed by atoms with Gasteiger partial charge >= 0.3 is 23.1 Å². The van der Waals surface area contributed by atoms with Gasteiger partial charge in [0.25, 0.3) is 0 Å². The SMILES string of the molecule is CC(C)CC(=O)[O-].CC(C)CC(=O)[O-].[Mg+2]. The van der Waals surface area contributed by atoms with Crippen LogP contribution < -0.4 is 10.2 Å². The first kappa shape index (κ1) is 20.2. The minimum Gasteiger partial charge on any atom is -0.550 e. The van der Waals surface area contributed by atoms with E-state index in [0.717, 1.165) is 0 Å². The number of carboxylic acid groups (broad SMARTS) is 2. The molecule has 0 unspecified atom stereocenters. The molecule has 0 aliphatic rings. The monoisotopic (exact) mass is 226 g/mol. The second-order valence-electron chi connectivity index (χ2n) is 3.94. The molecule has 4 nitrogen and oxygen atoms in total. The van der Waals surface area contributed by atoms with E-state index in [0.29, 0.717) is 0 Å². The van der Waals surface area contributed by atoms with Crippen LogP contribution in [0.2, 0.25) is 0 Å². The zero-order valence-corrected chi connectivity index (χ0v) is 11.3. The Kier molecular flexibility index (Phi) is 15.8. The van der Waals surface area contributed by atoms with Crippen molar-refractivity contribution in [2.75, 3.05) is 0 Å². The topological polar surface area (TPSA) is 80.3 Å². The van der Waals surface area contributed by atoms with E-state index in [4.69, 9.17) is 0 Å². The van der Waals surface area contributed by atoms with Crippen LogP contribution in [0.25, 0.3) is 0 Å². The van der Waals surface area contributed by atoms with Crippen molar-refractivity contribution < 1.29 is 19.8 Å². The largest absolute Gasteiger partial charge is 2.00 e. The standard InChI is InChI=1S/2C5H10O2.Mg/c2*1-4(2)3-5(6)7;/h2*4H,3H2,1-2H3,(H,6,7);/q;;+2/p-2. The van der Waals surface area contributed by atoms with Crippen molar-refractivity contribution >= 4 is 35.0 Å². The fraction of sp³-hybridized carbons (Fsp3) is 0.800. The molecule has 0 aromatic heterocycles. The van der Waals surface area contributed by atoms with Gasteiger partial charge in [0.15, 0.2) is 0 Å². The summed E-state index contributed by atoms with van der Waals surface area (Å²) in [4.78, 5) is 19.4. The Hall–Kier alpha value is -0.294. The van der Waals surface area contributed by atoms with E-state index in [1.807, 2.05) is 27.7 Å². The molecule has 0 atom stereocenters. The molecule has 0 aromatic rings. The van der Waals surface area contributed by atoms with Crippen LogP contribution in [0.4, 0.5) is 0 Å². The Morgan fingerprint density at radius 1 is 0.867 bits per heavy atom. The Morgan fingerprint density at radius 3 is 1.07 bits per heavy atom. The maximum absolute atomic E-state index is 9.70. The van der Waals surface area contributed by atoms with Crippen molar-refractivity contribution in [3.63, 3.8) is 0 Å². The molecule has 0 fully saturated rings. The Labute approximate surface area is 107 Å². The molecule has 0 amide bonds. The molecule has 84 valence electrons. The van der Waals surface area contributed by atoms with Crippen molar-refractivity contribution in [3.8, 4) is 0 Å². The predicted octanol–water partition coefficient (Wildman–Crippen LogP) is -0.816. The van der Waals surface area contributed by atoms with Crippen molar-refractivity contribution in [2.45, 2.75) is 40.5 Å². The maximum atomic E-state index is 9.70. The first-order valence-corrected chi connectivity index (χ1v) is 4.65. The number of carboxylic acids is 2. The number of carbonyl (C=O) groups excluding carboxylic acids is 2. The molecule has 0 bridgehead atoms. The molecular formula is C10H18MgO4. The Balaban J connectivity index is -0.000000180. The summed E-state index contributed by atoms with van der Waals surface area (Å²) < 4.78 is 0. The molecule has 0 aromatic carbocycles. The van der Waals surface area contributed by atoms with E-state index >= 15 is 0 Å². The van der Waals surface area contributed by atoms with Crippen LogP contribution in [0.1, 0.15) is 40.5 Å². The van der Waals surface area contributed by atoms with Crippen LogP contribution in [0, 0.1) is 11.8 Å². The van der Waals surface area contributed by atoms with E-state index in [-0.39, 0.29) is 47.7 Å². The molecule has 0 spiro atoms. The average Bonchev–Trinajstić information content (AvgIpc) is 1.79. The molecule has 15 heavy (non-hydrogen) atoms. The Morgan fingerprint density at radius 2 is 1.07 bits per heavy atom. The fourth-order valence-corrected chi connectivity index (χ4v) is 0.667. The molecule has 0 rings (SSSR count). The van der Waals surface area contributed by atoms with Gasteiger partial charge in [-0.05, 0) is 24.7 Å². The zero-order chi connectivity index (χ0) is 11.7. The van der Waals surface area contributed by atoms with Crippen LogP contribution >= 0.6 is 0 Å². The quantitative estimate of drug-likeness (QED) is 0.587. The normalized spacial score (nSPS) is 8.93. The first-order valence-electron chi connectivity index (χ1n) is 4.65. The summed E-state index contributed by atoms with van der Waals surface area (Å²) in [5.41, 5.74) is 0. The maximum Gasteiger partial charge on any atom is 2.00 e. The van der Waals surface area contributed by atoms with Gasteiger partial charge in [-0.25, -0.2) is 0 Å². The van der Waals surface area contributed by atoms with E-state index in [1.54, 1.807) is 0 Å². The van der Waals surface area contributed by atoms with E-state index in [2.05, 4.69) is 0 Å². The smallest absolute Gasteiger partial charge is 0.550 e. The van der Waals surface area contributed by atoms with Crippen LogP contribution in [0.3, 0.4) is 0 Å². The third-order valence-corrected chi connectivity index (χ3v) is 1.15. The van der Waals surface area contributed by atoms with Gasteiger partial charge in [-0.3, -0.25) is 0 Å². The third kappa shape index (κ3) is 31.6. The fourth-order valence-electron chi connectivity index (χ4n) is 0.667. The van der Waals surface area contributed by atoms with Gasteiger partial charge in [0.2, 0.25) is 0 Å². The summed E-state index contributed by atoms with van der Waals surface area (Å²) in [6, 6.07) is 0. The predicted molar refractivity (Wildman–Crippen MR) is 54.7 cm³/mol. The van der Waals surface area contributed by atoms with Crippen LogP contribution in [-0.2, 0) is 9.59 Å². The molecule has 0 aliphatic carbocycles. The minimum atomic E-state index is -0.963. The van der Waals surface area contributed by atoms with Crippen molar-refractivity contribution in [1.82, 2.24) is 0 Å². The number of aliphatic carboxylic acids is 2. The van der Waals surface area contributed by atoms with Gasteiger partial charge in [0.05, 0.1) is 0 Å². The van der Waals surface area contributed by atoms with Gasteiger partial charge in [0.1, 0.15) is 0 Å². The number of carbonyl (C=O) groups is 2. The number of hydrogen-bond donors (Lipinski definition) is 0. The summed E-state index contributed by atoms with van der Waals surface area (Å²) in [6.07, 6.45) is 0.333. The van der Waals surface area contributed by atoms with Crippen LogP contribution in [-0.4, -0.2) is 35.0 Å². The van der Waals surface area contributed by atoms with Crippen molar-refractivity contribution in [1.29, 1.82) is 0 Å². The van der Waals surface area contributed by atoms with Crippen LogP contribution in [0.15, 0.2) is 0 Å². The second kappa shape index (κ2) is 11.8. The Bertz CT molecular complexity index is 158. The van der Waals surface area contributed by atoms with Crippen molar-refractivity contribution in [2.24, 2.45) is 11.8 Å². The van der Waals surface area contributed by atoms with Gasteiger partial charge in [0, 0.05) is 11.9 Å². The summed E-state index contributed by atoms with van der Waals surface area (Å²) in [7, 11) is 0. The number of rotatable bonds is 4. The van der Waals surface area contributed by atoms with E-state index in [1.165, 1.54) is 0 Å².